The average molecular weight is 1380 g/mol. The molecule has 502 valence electrons. The van der Waals surface area contributed by atoms with E-state index in [9.17, 15) is 73.2 Å². The summed E-state index contributed by atoms with van der Waals surface area (Å²) in [5.74, 6) is -10.0. The Bertz CT molecular complexity index is 4660. The van der Waals surface area contributed by atoms with Gasteiger partial charge in [-0.15, -0.1) is 11.6 Å². The lowest BCUT2D eigenvalue weighted by Crippen LogP contribution is -2.46. The molecule has 32 heteroatoms. The summed E-state index contributed by atoms with van der Waals surface area (Å²) in [6.07, 6.45) is -1.36. The number of Topliss-reactive ketones (excluding diaryl/α,β-unsaturated/α-hetero) is 2. The molecule has 0 saturated heterocycles. The number of amides is 5. The van der Waals surface area contributed by atoms with E-state index in [1.165, 1.54) is 18.3 Å². The first-order valence-corrected chi connectivity index (χ1v) is 33.2. The minimum absolute atomic E-state index is 0.00396. The number of carbonyl (C=O) groups excluding carboxylic acids is 7. The van der Waals surface area contributed by atoms with Crippen LogP contribution in [0.3, 0.4) is 0 Å². The van der Waals surface area contributed by atoms with Gasteiger partial charge in [-0.3, -0.25) is 48.1 Å². The number of nitrogen functional groups attached to an aromatic ring is 1. The van der Waals surface area contributed by atoms with Gasteiger partial charge in [0.25, 0.3) is 23.3 Å². The van der Waals surface area contributed by atoms with Gasteiger partial charge < -0.3 is 73.3 Å². The highest BCUT2D eigenvalue weighted by Gasteiger charge is 2.36. The highest BCUT2D eigenvalue weighted by molar-refractivity contribution is 8.76. The molecule has 97 heavy (non-hydrogen) atoms. The van der Waals surface area contributed by atoms with Gasteiger partial charge in [0.05, 0.1) is 42.5 Å². The van der Waals surface area contributed by atoms with Gasteiger partial charge in [0.2, 0.25) is 17.8 Å². The lowest BCUT2D eigenvalue weighted by Gasteiger charge is -2.20. The maximum atomic E-state index is 14.0. The highest BCUT2D eigenvalue weighted by Crippen LogP contribution is 2.46. The number of carbonyl (C=O) groups is 10. The first kappa shape index (κ1) is 69.0. The molecule has 5 atom stereocenters. The normalized spacial score (nSPS) is 13.9. The molecule has 0 unspecified atom stereocenters. The van der Waals surface area contributed by atoms with Gasteiger partial charge in [-0.25, -0.2) is 19.6 Å². The number of rotatable bonds is 31. The fourth-order valence-corrected chi connectivity index (χ4v) is 13.4. The molecule has 4 aromatic heterocycles. The molecule has 1 aliphatic rings. The fraction of sp³-hybridized carbons (Fsp3) is 0.262. The molecule has 10 rings (SSSR count). The number of aromatic hydroxyl groups is 1. The molecule has 0 aliphatic carbocycles. The standard InChI is InChI=1S/C65H63ClN14O15S2/c66-26-35-29-80(50-25-51(82)41-3-1-2-4-42(41)55(35)50)62(91)48-22-33-20-38(10-15-45(33)75-48)73-60(89)47-21-32-19-37(9-14-44(32)74-47)71-53(84)17-18-96-97-30-49(64(94)95)77-59(88)34(24-54(85)86)23-52(83)43(67)13-11-40(81)12-16-46(63(92)93)76-58(87)31-5-7-36(8-6-31)69-27-39-28-70-57-56(72-39)61(90)79-65(68)78-57/h1-10,14-15,19-22,25,28,34-35,43,46,49,69,74-75,82H,11-13,16-18,23-24,26-27,29-30,67H2,(H,71,84)(H,73,89)(H,76,87)(H,77,88)(H,85,86)(H,92,93)(H,94,95)(H3,68,70,78,79,90)/t34-,35+,43-,46+,49-/m0/s1. The van der Waals surface area contributed by atoms with Crippen LogP contribution in [-0.2, 0) is 40.1 Å². The second kappa shape index (κ2) is 30.7. The van der Waals surface area contributed by atoms with Gasteiger partial charge in [-0.2, -0.15) is 4.98 Å². The number of nitrogens with one attached hydrogen (secondary N) is 8. The number of phenolic OH excluding ortho intramolecular Hbond substituents is 1. The van der Waals surface area contributed by atoms with Crippen LogP contribution >= 0.6 is 33.2 Å². The number of hydrogen-bond donors (Lipinski definition) is 14. The minimum atomic E-state index is -1.54. The van der Waals surface area contributed by atoms with Gasteiger partial charge in [0, 0.05) is 111 Å². The quantitative estimate of drug-likeness (QED) is 0.0123. The smallest absolute Gasteiger partial charge is 0.327 e. The van der Waals surface area contributed by atoms with E-state index in [2.05, 4.69) is 56.5 Å². The molecule has 0 radical (unpaired) electrons. The van der Waals surface area contributed by atoms with E-state index in [-0.39, 0.29) is 108 Å². The molecule has 9 aromatic rings. The van der Waals surface area contributed by atoms with E-state index in [4.69, 9.17) is 23.1 Å². The van der Waals surface area contributed by atoms with E-state index in [0.29, 0.717) is 67.9 Å². The lowest BCUT2D eigenvalue weighted by molar-refractivity contribution is -0.144. The van der Waals surface area contributed by atoms with Crippen LogP contribution in [0.5, 0.6) is 5.75 Å². The Morgan fingerprint density at radius 1 is 0.711 bits per heavy atom. The molecule has 0 saturated carbocycles. The summed E-state index contributed by atoms with van der Waals surface area (Å²) in [5, 5.41) is 56.4. The Hall–Kier alpha value is -10.9. The van der Waals surface area contributed by atoms with Crippen molar-refractivity contribution in [1.29, 1.82) is 0 Å². The first-order chi connectivity index (χ1) is 46.5. The van der Waals surface area contributed by atoms with Crippen molar-refractivity contribution in [2.45, 2.75) is 75.5 Å². The number of phenols is 1. The molecule has 5 heterocycles. The van der Waals surface area contributed by atoms with E-state index in [0.717, 1.165) is 32.5 Å². The van der Waals surface area contributed by atoms with Gasteiger partial charge >= 0.3 is 17.9 Å². The van der Waals surface area contributed by atoms with E-state index in [1.807, 2.05) is 24.3 Å². The third kappa shape index (κ3) is 17.0. The molecule has 29 nitrogen and oxygen atoms in total. The van der Waals surface area contributed by atoms with Crippen LogP contribution in [0.1, 0.15) is 93.5 Å². The van der Waals surface area contributed by atoms with Crippen molar-refractivity contribution >= 4 is 165 Å². The Morgan fingerprint density at radius 3 is 2.06 bits per heavy atom. The second-order valence-electron chi connectivity index (χ2n) is 22.8. The SMILES string of the molecule is Nc1nc2ncc(CNc3ccc(C(=O)N[C@H](CCC(=O)CC[C@H](N)C(=O)C[C@@H](CC(=O)O)C(=O)N[C@@H](CSSCCC(=O)Nc4ccc5[nH]c(C(=O)Nc6ccc7[nH]c(C(=O)N8C[C@@H](CCl)c9c8cc(O)c8ccccc98)cc7c6)cc5c4)C(=O)O)C(=O)O)cc3)nc2c(=O)[nH]1. The molecular formula is C65H63ClN14O15S2. The highest BCUT2D eigenvalue weighted by atomic mass is 35.5. The number of fused-ring (bicyclic) bond motifs is 6. The lowest BCUT2D eigenvalue weighted by atomic mass is 9.92. The number of halogens is 1. The topological polar surface area (TPSA) is 470 Å². The predicted octanol–water partition coefficient (Wildman–Crippen LogP) is 6.63. The second-order valence-corrected chi connectivity index (χ2v) is 25.8. The van der Waals surface area contributed by atoms with Crippen molar-refractivity contribution in [2.75, 3.05) is 50.5 Å². The van der Waals surface area contributed by atoms with Crippen molar-refractivity contribution in [3.8, 4) is 5.75 Å². The Morgan fingerprint density at radius 2 is 1.37 bits per heavy atom. The van der Waals surface area contributed by atoms with E-state index >= 15 is 0 Å². The van der Waals surface area contributed by atoms with Gasteiger partial charge in [-0.05, 0) is 96.6 Å². The number of nitrogens with two attached hydrogens (primary N) is 2. The number of carboxylic acid groups (broad SMARTS) is 3. The van der Waals surface area contributed by atoms with Crippen LogP contribution in [0.15, 0.2) is 114 Å². The number of carboxylic acids is 3. The van der Waals surface area contributed by atoms with Gasteiger partial charge in [-0.1, -0.05) is 45.9 Å². The molecule has 5 amide bonds. The number of ketones is 2. The maximum absolute atomic E-state index is 14.0. The van der Waals surface area contributed by atoms with Crippen molar-refractivity contribution in [3.05, 3.63) is 148 Å². The Labute approximate surface area is 562 Å². The van der Waals surface area contributed by atoms with E-state index < -0.39 is 89.6 Å². The maximum Gasteiger partial charge on any atom is 0.327 e. The summed E-state index contributed by atoms with van der Waals surface area (Å²) >= 11 is 6.40. The number of aliphatic carboxylic acids is 3. The number of nitrogens with zero attached hydrogens (tertiary/aromatic N) is 4. The number of benzene rings is 5. The zero-order valence-electron chi connectivity index (χ0n) is 51.2. The summed E-state index contributed by atoms with van der Waals surface area (Å²) < 4.78 is 0. The van der Waals surface area contributed by atoms with Crippen molar-refractivity contribution in [2.24, 2.45) is 11.7 Å². The summed E-state index contributed by atoms with van der Waals surface area (Å²) in [6.45, 7) is 0.469. The van der Waals surface area contributed by atoms with Crippen molar-refractivity contribution in [3.63, 3.8) is 0 Å². The minimum Gasteiger partial charge on any atom is -0.507 e. The molecular weight excluding hydrogens is 1320 g/mol. The Balaban J connectivity index is 0.627. The van der Waals surface area contributed by atoms with Gasteiger partial charge in [0.1, 0.15) is 40.8 Å². The molecule has 5 aromatic carbocycles. The molecule has 16 N–H and O–H groups in total. The number of aromatic amines is 3. The summed E-state index contributed by atoms with van der Waals surface area (Å²) in [5.41, 5.74) is 16.4. The van der Waals surface area contributed by atoms with Crippen LogP contribution < -0.4 is 48.5 Å². The number of aromatic nitrogens is 6. The van der Waals surface area contributed by atoms with Crippen LogP contribution in [0.4, 0.5) is 28.7 Å². The van der Waals surface area contributed by atoms with Crippen LogP contribution in [-0.4, -0.2) is 151 Å². The molecule has 1 aliphatic heterocycles. The van der Waals surface area contributed by atoms with Crippen molar-refractivity contribution in [1.82, 2.24) is 40.5 Å². The summed E-state index contributed by atoms with van der Waals surface area (Å²) in [7, 11) is 2.17. The monoisotopic (exact) mass is 1380 g/mol. The first-order valence-electron chi connectivity index (χ1n) is 30.2. The predicted molar refractivity (Wildman–Crippen MR) is 365 cm³/mol. The summed E-state index contributed by atoms with van der Waals surface area (Å²) in [6, 6.07) is 24.2. The van der Waals surface area contributed by atoms with Crippen molar-refractivity contribution < 1.29 is 68.4 Å². The van der Waals surface area contributed by atoms with Crippen LogP contribution in [0, 0.1) is 5.92 Å². The zero-order chi connectivity index (χ0) is 69.2. The Kier molecular flexibility index (Phi) is 21.8. The number of anilines is 5. The molecule has 0 spiro atoms. The van der Waals surface area contributed by atoms with Crippen LogP contribution in [0.2, 0.25) is 0 Å². The molecule has 0 fully saturated rings. The molecule has 0 bridgehead atoms. The number of H-pyrrole nitrogens is 3. The third-order valence-corrected chi connectivity index (χ3v) is 18.8. The van der Waals surface area contributed by atoms with E-state index in [1.54, 1.807) is 71.6 Å². The fourth-order valence-electron chi connectivity index (χ4n) is 11.0. The largest absolute Gasteiger partial charge is 0.507 e. The zero-order valence-corrected chi connectivity index (χ0v) is 53.6. The summed E-state index contributed by atoms with van der Waals surface area (Å²) in [4.78, 5) is 164. The average Bonchev–Trinajstić information content (AvgIpc) is 1.62. The third-order valence-electron chi connectivity index (χ3n) is 16.0. The number of alkyl halides is 1. The van der Waals surface area contributed by atoms with Gasteiger partial charge in [0.15, 0.2) is 11.2 Å². The number of hydrogen-bond acceptors (Lipinski definition) is 20. The van der Waals surface area contributed by atoms with Crippen LogP contribution in [0.25, 0.3) is 43.7 Å².